The van der Waals surface area contributed by atoms with Crippen LogP contribution in [0, 0.1) is 0 Å². The Hall–Kier alpha value is -9.72. The molecule has 14 rings (SSSR count). The second-order valence-corrected chi connectivity index (χ2v) is 18.2. The number of amides is 4. The summed E-state index contributed by atoms with van der Waals surface area (Å²) in [5.41, 5.74) is 11.2. The monoisotopic (exact) mass is 958 g/mol. The number of pyridine rings is 2. The van der Waals surface area contributed by atoms with Gasteiger partial charge in [0.15, 0.2) is 22.4 Å². The molecule has 4 aliphatic rings. The number of carbonyl (C=O) groups is 6. The van der Waals surface area contributed by atoms with E-state index in [1.807, 2.05) is 97.1 Å². The number of H-pyrrole nitrogens is 2. The van der Waals surface area contributed by atoms with Gasteiger partial charge in [0.1, 0.15) is 6.73 Å². The molecule has 13 nitrogen and oxygen atoms in total. The number of aliphatic hydroxyl groups excluding tert-OH is 1. The number of aliphatic hydroxyl groups is 1. The summed E-state index contributed by atoms with van der Waals surface area (Å²) in [6, 6.07) is 48.6. The Morgan fingerprint density at radius 3 is 1.25 bits per heavy atom. The molecular formula is C60H38N4O9. The lowest BCUT2D eigenvalue weighted by Gasteiger charge is -2.21. The highest BCUT2D eigenvalue weighted by Gasteiger charge is 2.36. The van der Waals surface area contributed by atoms with Gasteiger partial charge in [-0.2, -0.15) is 0 Å². The van der Waals surface area contributed by atoms with E-state index >= 15 is 0 Å². The Labute approximate surface area is 413 Å². The van der Waals surface area contributed by atoms with Gasteiger partial charge in [0.25, 0.3) is 23.6 Å². The van der Waals surface area contributed by atoms with E-state index < -0.39 is 18.5 Å². The van der Waals surface area contributed by atoms with Crippen LogP contribution in [0.4, 0.5) is 0 Å². The molecule has 0 fully saturated rings. The molecule has 0 atom stereocenters. The number of nitrogens with one attached hydrogen (secondary N) is 2. The maximum atomic E-state index is 13.6. The zero-order valence-electron chi connectivity index (χ0n) is 38.5. The standard InChI is InChI=1S/C30H18N2O4.C21H13NO2.C9H7NO3/c33-27-21-7-3-4-8-25(21)31-26-14-23-18(13-24(26)27)12-17-10-9-16(11-22(17)28(23)34)15-32-29(35)19-5-1-2-6-20(19)30(32)36;23-20-14-6-2-1-5-12(14)9-13-10-17-19(11-16(13)20)22-18-8-4-3-7-15(18)21(17)24;11-5-10-8(12)6-3-1-2-4-7(6)9(10)13/h1-11,13-14H,12,15H2,(H,31,33);1-8,10-11H,9H2,(H,22,24);1-4,11H,5H2. The van der Waals surface area contributed by atoms with Crippen molar-refractivity contribution in [3.8, 4) is 0 Å². The third-order valence-electron chi connectivity index (χ3n) is 14.0. The number of fused-ring (bicyclic) bond motifs is 10. The van der Waals surface area contributed by atoms with Crippen molar-refractivity contribution in [3.63, 3.8) is 0 Å². The topological polar surface area (TPSA) is 195 Å². The highest BCUT2D eigenvalue weighted by atomic mass is 16.3. The molecule has 2 aliphatic heterocycles. The van der Waals surface area contributed by atoms with Crippen LogP contribution in [0.15, 0.2) is 173 Å². The fraction of sp³-hybridized carbons (Fsp3) is 0.0667. The van der Waals surface area contributed by atoms with Crippen LogP contribution in [0.25, 0.3) is 43.6 Å². The third kappa shape index (κ3) is 7.28. The molecule has 2 aliphatic carbocycles. The number of hydrogen-bond acceptors (Lipinski definition) is 9. The van der Waals surface area contributed by atoms with E-state index in [1.165, 1.54) is 4.90 Å². The number of carbonyl (C=O) groups excluding carboxylic acids is 6. The number of ketones is 2. The van der Waals surface area contributed by atoms with Crippen LogP contribution in [0.5, 0.6) is 0 Å². The second kappa shape index (κ2) is 17.3. The minimum absolute atomic E-state index is 0.00783. The van der Waals surface area contributed by atoms with Crippen molar-refractivity contribution in [1.29, 1.82) is 0 Å². The van der Waals surface area contributed by atoms with Crippen LogP contribution in [0.3, 0.4) is 0 Å². The maximum Gasteiger partial charge on any atom is 0.263 e. The quantitative estimate of drug-likeness (QED) is 0.115. The zero-order valence-corrected chi connectivity index (χ0v) is 38.5. The average Bonchev–Trinajstić information content (AvgIpc) is 3.81. The normalized spacial score (nSPS) is 14.0. The van der Waals surface area contributed by atoms with Crippen LogP contribution in [-0.2, 0) is 19.4 Å². The van der Waals surface area contributed by atoms with E-state index in [0.29, 0.717) is 89.9 Å². The van der Waals surface area contributed by atoms with Gasteiger partial charge < -0.3 is 15.1 Å². The van der Waals surface area contributed by atoms with E-state index in [0.717, 1.165) is 43.8 Å². The molecule has 2 aromatic heterocycles. The van der Waals surface area contributed by atoms with Gasteiger partial charge in [-0.3, -0.25) is 48.2 Å². The first-order valence-electron chi connectivity index (χ1n) is 23.4. The number of nitrogens with zero attached hydrogens (tertiary/aromatic N) is 2. The summed E-state index contributed by atoms with van der Waals surface area (Å²) in [5, 5.41) is 11.3. The molecule has 0 unspecified atom stereocenters. The highest BCUT2D eigenvalue weighted by molar-refractivity contribution is 6.22. The van der Waals surface area contributed by atoms with Crippen molar-refractivity contribution in [1.82, 2.24) is 19.8 Å². The predicted octanol–water partition coefficient (Wildman–Crippen LogP) is 8.66. The summed E-state index contributed by atoms with van der Waals surface area (Å²) < 4.78 is 0. The first-order valence-corrected chi connectivity index (χ1v) is 23.4. The molecule has 10 aromatic rings. The Kier molecular flexibility index (Phi) is 10.5. The van der Waals surface area contributed by atoms with Gasteiger partial charge in [0, 0.05) is 54.8 Å². The first-order chi connectivity index (χ1) is 35.5. The Bertz CT molecular complexity index is 4190. The summed E-state index contributed by atoms with van der Waals surface area (Å²) in [6.07, 6.45) is 1.20. The molecule has 0 saturated carbocycles. The van der Waals surface area contributed by atoms with Crippen LogP contribution < -0.4 is 10.9 Å². The van der Waals surface area contributed by atoms with E-state index in [4.69, 9.17) is 5.11 Å². The van der Waals surface area contributed by atoms with Gasteiger partial charge >= 0.3 is 0 Å². The van der Waals surface area contributed by atoms with Crippen LogP contribution in [0.1, 0.15) is 101 Å². The summed E-state index contributed by atoms with van der Waals surface area (Å²) >= 11 is 0. The second-order valence-electron chi connectivity index (χ2n) is 18.2. The lowest BCUT2D eigenvalue weighted by atomic mass is 9.83. The lowest BCUT2D eigenvalue weighted by Crippen LogP contribution is -2.30. The molecule has 0 spiro atoms. The van der Waals surface area contributed by atoms with Crippen LogP contribution >= 0.6 is 0 Å². The summed E-state index contributed by atoms with van der Waals surface area (Å²) in [7, 11) is 0. The van der Waals surface area contributed by atoms with Crippen molar-refractivity contribution >= 4 is 78.8 Å². The number of para-hydroxylation sites is 2. The number of benzene rings is 8. The predicted molar refractivity (Wildman–Crippen MR) is 274 cm³/mol. The van der Waals surface area contributed by atoms with Crippen LogP contribution in [0.2, 0.25) is 0 Å². The van der Waals surface area contributed by atoms with Crippen molar-refractivity contribution in [3.05, 3.63) is 257 Å². The molecule has 0 bridgehead atoms. The minimum Gasteiger partial charge on any atom is -0.376 e. The van der Waals surface area contributed by atoms with Crippen molar-refractivity contribution < 1.29 is 33.9 Å². The summed E-state index contributed by atoms with van der Waals surface area (Å²) in [6.45, 7) is -0.469. The Morgan fingerprint density at radius 2 is 0.753 bits per heavy atom. The molecule has 73 heavy (non-hydrogen) atoms. The average molecular weight is 959 g/mol. The van der Waals surface area contributed by atoms with Crippen LogP contribution in [-0.4, -0.2) is 66.8 Å². The SMILES string of the molecule is O=C1c2cc(CN3C(=O)c4ccccc4C3=O)ccc2Cc2cc3c(=O)c4ccccc4[nH]c3cc21.O=C1c2ccccc2C(=O)N1CO.O=C1c2ccccc2Cc2cc3c(=O)c4ccccc4[nH]c3cc21. The molecular weight excluding hydrogens is 921 g/mol. The summed E-state index contributed by atoms with van der Waals surface area (Å²) in [4.78, 5) is 109. The van der Waals surface area contributed by atoms with Gasteiger partial charge in [-0.05, 0) is 120 Å². The molecule has 0 saturated heterocycles. The molecule has 3 N–H and O–H groups in total. The number of hydrogen-bond donors (Lipinski definition) is 3. The first kappa shape index (κ1) is 44.5. The van der Waals surface area contributed by atoms with Gasteiger partial charge in [0.05, 0.1) is 39.8 Å². The number of aromatic nitrogens is 2. The van der Waals surface area contributed by atoms with E-state index in [1.54, 1.807) is 66.7 Å². The fourth-order valence-electron chi connectivity index (χ4n) is 10.4. The van der Waals surface area contributed by atoms with E-state index in [2.05, 4.69) is 9.97 Å². The maximum absolute atomic E-state index is 13.6. The highest BCUT2D eigenvalue weighted by Crippen LogP contribution is 2.33. The smallest absolute Gasteiger partial charge is 0.263 e. The van der Waals surface area contributed by atoms with Gasteiger partial charge in [-0.1, -0.05) is 84.9 Å². The third-order valence-corrected chi connectivity index (χ3v) is 14.0. The number of aromatic amines is 2. The van der Waals surface area contributed by atoms with Gasteiger partial charge in [-0.15, -0.1) is 0 Å². The Morgan fingerprint density at radius 1 is 0.356 bits per heavy atom. The van der Waals surface area contributed by atoms with E-state index in [9.17, 15) is 38.4 Å². The molecule has 0 radical (unpaired) electrons. The molecule has 4 amide bonds. The molecule has 4 heterocycles. The minimum atomic E-state index is -0.563. The fourth-order valence-corrected chi connectivity index (χ4v) is 10.4. The lowest BCUT2D eigenvalue weighted by molar-refractivity contribution is 0.0487. The zero-order chi connectivity index (χ0) is 50.2. The van der Waals surface area contributed by atoms with Crippen molar-refractivity contribution in [2.75, 3.05) is 6.73 Å². The molecule has 8 aromatic carbocycles. The summed E-state index contributed by atoms with van der Waals surface area (Å²) in [5.74, 6) is -1.61. The van der Waals surface area contributed by atoms with E-state index in [-0.39, 0.29) is 40.8 Å². The molecule has 352 valence electrons. The number of rotatable bonds is 3. The largest absolute Gasteiger partial charge is 0.376 e. The van der Waals surface area contributed by atoms with Gasteiger partial charge in [0.2, 0.25) is 0 Å². The van der Waals surface area contributed by atoms with Crippen molar-refractivity contribution in [2.24, 2.45) is 0 Å². The Balaban J connectivity index is 0.000000125. The molecule has 13 heteroatoms. The van der Waals surface area contributed by atoms with Crippen molar-refractivity contribution in [2.45, 2.75) is 19.4 Å². The van der Waals surface area contributed by atoms with Gasteiger partial charge in [-0.25, -0.2) is 0 Å². The number of imide groups is 2.